The van der Waals surface area contributed by atoms with Gasteiger partial charge in [0.25, 0.3) is 0 Å². The van der Waals surface area contributed by atoms with Gasteiger partial charge in [0.1, 0.15) is 0 Å². The Hall–Kier alpha value is -1.06. The Kier molecular flexibility index (Phi) is 5.08. The molecular weight excluding hydrogens is 154 g/mol. The molecule has 0 amide bonds. The van der Waals surface area contributed by atoms with Crippen LogP contribution < -0.4 is 5.32 Å². The van der Waals surface area contributed by atoms with E-state index in [1.54, 1.807) is 0 Å². The van der Waals surface area contributed by atoms with Gasteiger partial charge in [-0.15, -0.1) is 0 Å². The molecule has 12 heavy (non-hydrogen) atoms. The van der Waals surface area contributed by atoms with E-state index in [4.69, 9.17) is 4.84 Å². The summed E-state index contributed by atoms with van der Waals surface area (Å²) in [6.07, 6.45) is 0. The Bertz CT molecular complexity index is 164. The van der Waals surface area contributed by atoms with E-state index in [-0.39, 0.29) is 12.1 Å². The standard InChI is InChI=1S/C8H17N3O/c1-6(2)10-8(12-9-5)11-7(3)4/h6-7H,5H2,1-4H3,(H,10,11). The van der Waals surface area contributed by atoms with Crippen molar-refractivity contribution in [3.05, 3.63) is 0 Å². The third-order valence-corrected chi connectivity index (χ3v) is 0.939. The summed E-state index contributed by atoms with van der Waals surface area (Å²) >= 11 is 0. The van der Waals surface area contributed by atoms with Crippen molar-refractivity contribution in [3.63, 3.8) is 0 Å². The largest absolute Gasteiger partial charge is 0.336 e. The fourth-order valence-corrected chi connectivity index (χ4v) is 0.630. The van der Waals surface area contributed by atoms with Crippen LogP contribution in [0.3, 0.4) is 0 Å². The lowest BCUT2D eigenvalue weighted by Gasteiger charge is -2.10. The molecule has 0 radical (unpaired) electrons. The number of aliphatic imine (C=N–C) groups is 1. The molecule has 0 bridgehead atoms. The van der Waals surface area contributed by atoms with Gasteiger partial charge in [-0.1, -0.05) is 5.16 Å². The summed E-state index contributed by atoms with van der Waals surface area (Å²) in [4.78, 5) is 8.97. The molecule has 0 atom stereocenters. The van der Waals surface area contributed by atoms with Crippen molar-refractivity contribution in [2.24, 2.45) is 10.1 Å². The molecule has 4 nitrogen and oxygen atoms in total. The second-order valence-corrected chi connectivity index (χ2v) is 3.05. The third kappa shape index (κ3) is 5.70. The number of rotatable bonds is 3. The SMILES string of the molecule is C=NO/C(=N/C(C)C)NC(C)C. The van der Waals surface area contributed by atoms with Crippen molar-refractivity contribution in [1.82, 2.24) is 5.32 Å². The maximum atomic E-state index is 4.82. The second-order valence-electron chi connectivity index (χ2n) is 3.05. The minimum atomic E-state index is 0.188. The van der Waals surface area contributed by atoms with Gasteiger partial charge >= 0.3 is 6.02 Å². The summed E-state index contributed by atoms with van der Waals surface area (Å²) in [6, 6.07) is 0.896. The van der Waals surface area contributed by atoms with Crippen LogP contribution in [0.2, 0.25) is 0 Å². The highest BCUT2D eigenvalue weighted by atomic mass is 16.6. The van der Waals surface area contributed by atoms with Crippen molar-refractivity contribution in [2.75, 3.05) is 0 Å². The summed E-state index contributed by atoms with van der Waals surface area (Å²) in [5.41, 5.74) is 0. The molecule has 0 fully saturated rings. The predicted molar refractivity (Wildman–Crippen MR) is 51.5 cm³/mol. The second kappa shape index (κ2) is 5.57. The van der Waals surface area contributed by atoms with E-state index in [9.17, 15) is 0 Å². The molecule has 0 aromatic carbocycles. The molecule has 4 heteroatoms. The van der Waals surface area contributed by atoms with Crippen LogP contribution >= 0.6 is 0 Å². The summed E-state index contributed by atoms with van der Waals surface area (Å²) < 4.78 is 0. The molecule has 0 aliphatic carbocycles. The molecule has 0 spiro atoms. The van der Waals surface area contributed by atoms with Gasteiger partial charge in [-0.05, 0) is 27.7 Å². The molecule has 0 saturated carbocycles. The highest BCUT2D eigenvalue weighted by Crippen LogP contribution is 1.90. The zero-order chi connectivity index (χ0) is 9.56. The highest BCUT2D eigenvalue weighted by Gasteiger charge is 2.02. The summed E-state index contributed by atoms with van der Waals surface area (Å²) in [5.74, 6) is 0. The Balaban J connectivity index is 4.11. The molecule has 0 aliphatic heterocycles. The van der Waals surface area contributed by atoms with E-state index in [0.29, 0.717) is 6.02 Å². The van der Waals surface area contributed by atoms with Gasteiger partial charge in [0.2, 0.25) is 0 Å². The van der Waals surface area contributed by atoms with Crippen LogP contribution in [0.25, 0.3) is 0 Å². The molecular formula is C8H17N3O. The maximum Gasteiger partial charge on any atom is 0.315 e. The van der Waals surface area contributed by atoms with Crippen molar-refractivity contribution in [2.45, 2.75) is 39.8 Å². The van der Waals surface area contributed by atoms with Crippen LogP contribution in [0.15, 0.2) is 10.1 Å². The lowest BCUT2D eigenvalue weighted by atomic mass is 10.4. The van der Waals surface area contributed by atoms with Gasteiger partial charge in [0, 0.05) is 18.8 Å². The average Bonchev–Trinajstić information content (AvgIpc) is 1.84. The van der Waals surface area contributed by atoms with E-state index in [1.165, 1.54) is 0 Å². The van der Waals surface area contributed by atoms with Gasteiger partial charge in [0.05, 0.1) is 0 Å². The summed E-state index contributed by atoms with van der Waals surface area (Å²) in [6.45, 7) is 11.2. The lowest BCUT2D eigenvalue weighted by molar-refractivity contribution is 0.306. The van der Waals surface area contributed by atoms with E-state index >= 15 is 0 Å². The van der Waals surface area contributed by atoms with Crippen LogP contribution in [0, 0.1) is 0 Å². The van der Waals surface area contributed by atoms with Crippen molar-refractivity contribution < 1.29 is 4.84 Å². The van der Waals surface area contributed by atoms with Crippen molar-refractivity contribution in [3.8, 4) is 0 Å². The Morgan fingerprint density at radius 2 is 1.92 bits per heavy atom. The quantitative estimate of drug-likeness (QED) is 0.396. The first-order valence-corrected chi connectivity index (χ1v) is 4.03. The number of amidine groups is 1. The average molecular weight is 171 g/mol. The fraction of sp³-hybridized carbons (Fsp3) is 0.750. The van der Waals surface area contributed by atoms with E-state index in [1.807, 2.05) is 27.7 Å². The molecule has 0 aromatic rings. The highest BCUT2D eigenvalue weighted by molar-refractivity contribution is 5.74. The lowest BCUT2D eigenvalue weighted by Crippen LogP contribution is -2.32. The van der Waals surface area contributed by atoms with Crippen LogP contribution in [-0.4, -0.2) is 24.8 Å². The number of hydrogen-bond acceptors (Lipinski definition) is 3. The topological polar surface area (TPSA) is 46.0 Å². The molecule has 0 saturated heterocycles. The molecule has 70 valence electrons. The molecule has 0 aliphatic rings. The molecule has 0 heterocycles. The Morgan fingerprint density at radius 1 is 1.33 bits per heavy atom. The first-order chi connectivity index (χ1) is 5.56. The van der Waals surface area contributed by atoms with Crippen molar-refractivity contribution in [1.29, 1.82) is 0 Å². The Morgan fingerprint density at radius 3 is 2.25 bits per heavy atom. The van der Waals surface area contributed by atoms with Gasteiger partial charge in [-0.3, -0.25) is 0 Å². The molecule has 0 unspecified atom stereocenters. The normalized spacial score (nSPS) is 12.0. The fourth-order valence-electron chi connectivity index (χ4n) is 0.630. The number of hydrogen-bond donors (Lipinski definition) is 1. The minimum Gasteiger partial charge on any atom is -0.336 e. The third-order valence-electron chi connectivity index (χ3n) is 0.939. The van der Waals surface area contributed by atoms with Crippen molar-refractivity contribution >= 4 is 12.7 Å². The van der Waals surface area contributed by atoms with Gasteiger partial charge < -0.3 is 10.2 Å². The first-order valence-electron chi connectivity index (χ1n) is 4.03. The van der Waals surface area contributed by atoms with E-state index in [0.717, 1.165) is 0 Å². The number of oxime groups is 1. The molecule has 0 rings (SSSR count). The molecule has 1 N–H and O–H groups in total. The number of nitrogens with zero attached hydrogens (tertiary/aromatic N) is 2. The van der Waals surface area contributed by atoms with Crippen LogP contribution in [0.5, 0.6) is 0 Å². The van der Waals surface area contributed by atoms with E-state index < -0.39 is 0 Å². The smallest absolute Gasteiger partial charge is 0.315 e. The summed E-state index contributed by atoms with van der Waals surface area (Å²) in [5, 5.41) is 6.30. The monoisotopic (exact) mass is 171 g/mol. The first kappa shape index (κ1) is 10.9. The zero-order valence-electron chi connectivity index (χ0n) is 8.16. The molecule has 0 aromatic heterocycles. The maximum absolute atomic E-state index is 4.82. The van der Waals surface area contributed by atoms with E-state index in [2.05, 4.69) is 22.2 Å². The predicted octanol–water partition coefficient (Wildman–Crippen LogP) is 1.38. The van der Waals surface area contributed by atoms with Gasteiger partial charge in [0.15, 0.2) is 0 Å². The zero-order valence-corrected chi connectivity index (χ0v) is 8.16. The number of nitrogens with one attached hydrogen (secondary N) is 1. The van der Waals surface area contributed by atoms with Crippen LogP contribution in [0.1, 0.15) is 27.7 Å². The summed E-state index contributed by atoms with van der Waals surface area (Å²) in [7, 11) is 0. The minimum absolute atomic E-state index is 0.188. The van der Waals surface area contributed by atoms with Gasteiger partial charge in [-0.2, -0.15) is 0 Å². The Labute approximate surface area is 73.7 Å². The van der Waals surface area contributed by atoms with Gasteiger partial charge in [-0.25, -0.2) is 4.99 Å². The van der Waals surface area contributed by atoms with Crippen LogP contribution in [0.4, 0.5) is 0 Å². The van der Waals surface area contributed by atoms with Crippen LogP contribution in [-0.2, 0) is 4.84 Å².